The first-order chi connectivity index (χ1) is 8.69. The van der Waals surface area contributed by atoms with E-state index in [-0.39, 0.29) is 0 Å². The van der Waals surface area contributed by atoms with Gasteiger partial charge < -0.3 is 10.1 Å². The molecule has 0 spiro atoms. The number of hydrogen-bond donors (Lipinski definition) is 2. The predicted octanol–water partition coefficient (Wildman–Crippen LogP) is 1.83. The smallest absolute Gasteiger partial charge is 0.218 e. The van der Waals surface area contributed by atoms with E-state index >= 15 is 0 Å². The van der Waals surface area contributed by atoms with Gasteiger partial charge in [-0.1, -0.05) is 0 Å². The maximum Gasteiger partial charge on any atom is 0.218 e. The van der Waals surface area contributed by atoms with Crippen molar-refractivity contribution in [1.29, 1.82) is 0 Å². The molecule has 18 heavy (non-hydrogen) atoms. The molecule has 0 atom stereocenters. The third kappa shape index (κ3) is 2.97. The lowest BCUT2D eigenvalue weighted by atomic mass is 10.2. The van der Waals surface area contributed by atoms with Crippen LogP contribution in [0.3, 0.4) is 0 Å². The topological polar surface area (TPSA) is 75.7 Å². The predicted molar refractivity (Wildman–Crippen MR) is 68.6 cm³/mol. The fourth-order valence-electron chi connectivity index (χ4n) is 1.59. The van der Waals surface area contributed by atoms with E-state index in [0.717, 1.165) is 17.1 Å². The molecule has 0 aromatic carbocycles. The number of nitrogens with one attached hydrogen (secondary N) is 2. The Morgan fingerprint density at radius 2 is 2.17 bits per heavy atom. The summed E-state index contributed by atoms with van der Waals surface area (Å²) in [4.78, 5) is 8.51. The van der Waals surface area contributed by atoms with Crippen molar-refractivity contribution in [3.05, 3.63) is 29.3 Å². The van der Waals surface area contributed by atoms with Gasteiger partial charge in [-0.15, -0.1) is 0 Å². The lowest BCUT2D eigenvalue weighted by Crippen LogP contribution is -2.05. The van der Waals surface area contributed by atoms with Gasteiger partial charge in [0.2, 0.25) is 5.88 Å². The van der Waals surface area contributed by atoms with E-state index in [4.69, 9.17) is 4.74 Å². The maximum atomic E-state index is 5.38. The van der Waals surface area contributed by atoms with Crippen molar-refractivity contribution in [3.63, 3.8) is 0 Å². The van der Waals surface area contributed by atoms with Crippen LogP contribution < -0.4 is 10.1 Å². The molecule has 0 aliphatic heterocycles. The van der Waals surface area contributed by atoms with Gasteiger partial charge in [0.15, 0.2) is 0 Å². The van der Waals surface area contributed by atoms with E-state index in [1.54, 1.807) is 12.3 Å². The Labute approximate surface area is 106 Å². The van der Waals surface area contributed by atoms with Gasteiger partial charge in [-0.2, -0.15) is 10.1 Å². The van der Waals surface area contributed by atoms with E-state index in [9.17, 15) is 0 Å². The van der Waals surface area contributed by atoms with Gasteiger partial charge in [0, 0.05) is 23.9 Å². The average molecular weight is 247 g/mol. The van der Waals surface area contributed by atoms with Crippen LogP contribution in [0.4, 0.5) is 5.82 Å². The van der Waals surface area contributed by atoms with Gasteiger partial charge in [-0.3, -0.25) is 5.10 Å². The molecule has 2 rings (SSSR count). The van der Waals surface area contributed by atoms with Gasteiger partial charge in [0.25, 0.3) is 0 Å². The van der Waals surface area contributed by atoms with Crippen LogP contribution in [-0.4, -0.2) is 26.8 Å². The van der Waals surface area contributed by atoms with Gasteiger partial charge in [0.05, 0.1) is 12.8 Å². The molecule has 96 valence electrons. The largest absolute Gasteiger partial charge is 0.478 e. The fraction of sp³-hybridized carbons (Fsp3) is 0.417. The molecule has 6 heteroatoms. The zero-order valence-corrected chi connectivity index (χ0v) is 10.8. The zero-order chi connectivity index (χ0) is 13.0. The molecule has 0 unspecified atom stereocenters. The van der Waals surface area contributed by atoms with Crippen LogP contribution in [0.25, 0.3) is 0 Å². The van der Waals surface area contributed by atoms with Crippen molar-refractivity contribution in [3.8, 4) is 5.88 Å². The van der Waals surface area contributed by atoms with Gasteiger partial charge in [0.1, 0.15) is 11.6 Å². The molecular weight excluding hydrogens is 230 g/mol. The highest BCUT2D eigenvalue weighted by atomic mass is 16.5. The van der Waals surface area contributed by atoms with Crippen molar-refractivity contribution < 1.29 is 4.74 Å². The summed E-state index contributed by atoms with van der Waals surface area (Å²) < 4.78 is 5.38. The average Bonchev–Trinajstić information content (AvgIpc) is 2.72. The SMILES string of the molecule is CCOc1cc(NCc2cn[nH]c2C)nc(C)n1. The van der Waals surface area contributed by atoms with E-state index in [1.807, 2.05) is 20.8 Å². The Kier molecular flexibility index (Phi) is 3.76. The van der Waals surface area contributed by atoms with Crippen LogP contribution in [0, 0.1) is 13.8 Å². The van der Waals surface area contributed by atoms with Crippen molar-refractivity contribution in [1.82, 2.24) is 20.2 Å². The van der Waals surface area contributed by atoms with Crippen molar-refractivity contribution >= 4 is 5.82 Å². The van der Waals surface area contributed by atoms with Crippen LogP contribution in [0.5, 0.6) is 5.88 Å². The van der Waals surface area contributed by atoms with E-state index < -0.39 is 0 Å². The number of rotatable bonds is 5. The molecule has 0 amide bonds. The highest BCUT2D eigenvalue weighted by Crippen LogP contribution is 2.14. The second-order valence-electron chi connectivity index (χ2n) is 3.95. The van der Waals surface area contributed by atoms with Crippen LogP contribution in [0.15, 0.2) is 12.3 Å². The number of aromatic nitrogens is 4. The molecule has 2 aromatic rings. The van der Waals surface area contributed by atoms with E-state index in [0.29, 0.717) is 24.9 Å². The Morgan fingerprint density at radius 3 is 2.83 bits per heavy atom. The molecule has 2 aromatic heterocycles. The van der Waals surface area contributed by atoms with Crippen LogP contribution in [0.2, 0.25) is 0 Å². The van der Waals surface area contributed by atoms with Crippen molar-refractivity contribution in [2.75, 3.05) is 11.9 Å². The minimum atomic E-state index is 0.594. The van der Waals surface area contributed by atoms with Crippen LogP contribution >= 0.6 is 0 Å². The molecule has 0 aliphatic carbocycles. The van der Waals surface area contributed by atoms with Gasteiger partial charge in [-0.25, -0.2) is 4.98 Å². The lowest BCUT2D eigenvalue weighted by Gasteiger charge is -2.08. The number of ether oxygens (including phenoxy) is 1. The minimum Gasteiger partial charge on any atom is -0.478 e. The van der Waals surface area contributed by atoms with Crippen LogP contribution in [-0.2, 0) is 6.54 Å². The van der Waals surface area contributed by atoms with Crippen molar-refractivity contribution in [2.45, 2.75) is 27.3 Å². The highest BCUT2D eigenvalue weighted by molar-refractivity contribution is 5.39. The normalized spacial score (nSPS) is 10.4. The van der Waals surface area contributed by atoms with E-state index in [1.165, 1.54) is 0 Å². The molecule has 0 radical (unpaired) electrons. The molecule has 0 bridgehead atoms. The molecular formula is C12H17N5O. The third-order valence-corrected chi connectivity index (χ3v) is 2.50. The number of aryl methyl sites for hydroxylation is 2. The quantitative estimate of drug-likeness (QED) is 0.843. The summed E-state index contributed by atoms with van der Waals surface area (Å²) in [5.74, 6) is 2.04. The zero-order valence-electron chi connectivity index (χ0n) is 10.8. The maximum absolute atomic E-state index is 5.38. The van der Waals surface area contributed by atoms with E-state index in [2.05, 4.69) is 25.5 Å². The number of H-pyrrole nitrogens is 1. The molecule has 2 N–H and O–H groups in total. The summed E-state index contributed by atoms with van der Waals surface area (Å²) in [6.07, 6.45) is 1.81. The summed E-state index contributed by atoms with van der Waals surface area (Å²) in [6, 6.07) is 1.80. The highest BCUT2D eigenvalue weighted by Gasteiger charge is 2.04. The molecule has 0 aliphatic rings. The Bertz CT molecular complexity index is 523. The van der Waals surface area contributed by atoms with Gasteiger partial charge in [-0.05, 0) is 20.8 Å². The first-order valence-electron chi connectivity index (χ1n) is 5.90. The molecule has 2 heterocycles. The number of nitrogens with zero attached hydrogens (tertiary/aromatic N) is 3. The summed E-state index contributed by atoms with van der Waals surface area (Å²) in [5, 5.41) is 10.1. The lowest BCUT2D eigenvalue weighted by molar-refractivity contribution is 0.325. The first-order valence-corrected chi connectivity index (χ1v) is 5.90. The summed E-state index contributed by atoms with van der Waals surface area (Å²) in [5.41, 5.74) is 2.17. The number of aromatic amines is 1. The molecule has 0 saturated heterocycles. The Morgan fingerprint density at radius 1 is 1.33 bits per heavy atom. The number of anilines is 1. The second kappa shape index (κ2) is 5.48. The van der Waals surface area contributed by atoms with Crippen molar-refractivity contribution in [2.24, 2.45) is 0 Å². The molecule has 6 nitrogen and oxygen atoms in total. The summed E-state index contributed by atoms with van der Waals surface area (Å²) in [7, 11) is 0. The third-order valence-electron chi connectivity index (χ3n) is 2.50. The first kappa shape index (κ1) is 12.3. The molecule has 0 saturated carbocycles. The second-order valence-corrected chi connectivity index (χ2v) is 3.95. The Hall–Kier alpha value is -2.11. The Balaban J connectivity index is 2.07. The minimum absolute atomic E-state index is 0.594. The fourth-order valence-corrected chi connectivity index (χ4v) is 1.59. The number of hydrogen-bond acceptors (Lipinski definition) is 5. The molecule has 0 fully saturated rings. The van der Waals surface area contributed by atoms with Crippen LogP contribution in [0.1, 0.15) is 24.0 Å². The summed E-state index contributed by atoms with van der Waals surface area (Å²) >= 11 is 0. The standard InChI is InChI=1S/C12H17N5O/c1-4-18-12-5-11(15-9(3)16-12)13-6-10-7-14-17-8(10)2/h5,7H,4,6H2,1-3H3,(H,14,17)(H,13,15,16). The van der Waals surface area contributed by atoms with Gasteiger partial charge >= 0.3 is 0 Å². The monoisotopic (exact) mass is 247 g/mol. The summed E-state index contributed by atoms with van der Waals surface area (Å²) in [6.45, 7) is 7.03.